The monoisotopic (exact) mass is 378 g/mol. The van der Waals surface area contributed by atoms with Crippen molar-refractivity contribution in [1.29, 1.82) is 0 Å². The molecule has 0 saturated carbocycles. The number of carbonyl (C=O) groups is 1. The number of amides is 1. The van der Waals surface area contributed by atoms with Crippen LogP contribution in [0.5, 0.6) is 11.5 Å². The molecule has 2 aromatic rings. The molecule has 0 radical (unpaired) electrons. The molecule has 0 aliphatic heterocycles. The fraction of sp³-hybridized carbons (Fsp3) is 0.350. The van der Waals surface area contributed by atoms with Crippen molar-refractivity contribution in [1.82, 2.24) is 10.2 Å². The molecule has 0 aromatic heterocycles. The highest BCUT2D eigenvalue weighted by atomic mass is 35.5. The second-order valence-electron chi connectivity index (χ2n) is 6.28. The van der Waals surface area contributed by atoms with Gasteiger partial charge in [-0.25, -0.2) is 4.39 Å². The van der Waals surface area contributed by atoms with Crippen LogP contribution in [-0.4, -0.2) is 30.9 Å². The van der Waals surface area contributed by atoms with E-state index in [4.69, 9.17) is 16.3 Å². The topological polar surface area (TPSA) is 41.6 Å². The molecular weight excluding hydrogens is 355 g/mol. The van der Waals surface area contributed by atoms with Crippen molar-refractivity contribution in [2.45, 2.75) is 32.4 Å². The van der Waals surface area contributed by atoms with Crippen molar-refractivity contribution < 1.29 is 13.9 Å². The zero-order chi connectivity index (χ0) is 19.3. The van der Waals surface area contributed by atoms with Gasteiger partial charge in [-0.2, -0.15) is 0 Å². The van der Waals surface area contributed by atoms with Crippen molar-refractivity contribution >= 4 is 17.5 Å². The van der Waals surface area contributed by atoms with Crippen LogP contribution in [0.3, 0.4) is 0 Å². The average Bonchev–Trinajstić information content (AvgIpc) is 2.63. The van der Waals surface area contributed by atoms with Crippen LogP contribution in [0, 0.1) is 5.82 Å². The summed E-state index contributed by atoms with van der Waals surface area (Å²) in [5, 5.41) is 3.38. The summed E-state index contributed by atoms with van der Waals surface area (Å²) in [6, 6.07) is 11.4. The molecule has 0 fully saturated rings. The van der Waals surface area contributed by atoms with E-state index in [1.165, 1.54) is 4.90 Å². The van der Waals surface area contributed by atoms with Gasteiger partial charge in [-0.3, -0.25) is 10.1 Å². The molecule has 2 atom stereocenters. The van der Waals surface area contributed by atoms with Gasteiger partial charge >= 0.3 is 0 Å². The zero-order valence-electron chi connectivity index (χ0n) is 15.4. The molecule has 4 nitrogen and oxygen atoms in total. The second kappa shape index (κ2) is 9.01. The van der Waals surface area contributed by atoms with Crippen molar-refractivity contribution in [3.8, 4) is 11.5 Å². The number of halogens is 2. The van der Waals surface area contributed by atoms with Crippen molar-refractivity contribution in [3.63, 3.8) is 0 Å². The number of nitrogens with zero attached hydrogens (tertiary/aromatic N) is 1. The number of nitrogens with one attached hydrogen (secondary N) is 1. The Kier molecular flexibility index (Phi) is 7.00. The first-order valence-electron chi connectivity index (χ1n) is 8.53. The summed E-state index contributed by atoms with van der Waals surface area (Å²) in [5.41, 5.74) is 0.418. The van der Waals surface area contributed by atoms with Crippen LogP contribution in [-0.2, 0) is 4.79 Å². The summed E-state index contributed by atoms with van der Waals surface area (Å²) < 4.78 is 20.8. The summed E-state index contributed by atoms with van der Waals surface area (Å²) in [6.07, 6.45) is 0.606. The highest BCUT2D eigenvalue weighted by Gasteiger charge is 2.24. The number of likely N-dealkylation sites (N-methyl/N-ethyl adjacent to an activating group) is 1. The third-order valence-electron chi connectivity index (χ3n) is 4.09. The highest BCUT2D eigenvalue weighted by molar-refractivity contribution is 6.32. The molecule has 0 saturated heterocycles. The van der Waals surface area contributed by atoms with Gasteiger partial charge in [0.15, 0.2) is 11.6 Å². The Hall–Kier alpha value is -2.11. The van der Waals surface area contributed by atoms with Gasteiger partial charge in [0.05, 0.1) is 11.1 Å². The van der Waals surface area contributed by atoms with E-state index in [1.807, 2.05) is 13.0 Å². The van der Waals surface area contributed by atoms with Crippen molar-refractivity contribution in [3.05, 3.63) is 58.9 Å². The Morgan fingerprint density at radius 2 is 1.88 bits per heavy atom. The standard InChI is InChI=1S/C20H24ClFN2O2/c1-5-17(23-13(2)20(25)24(3)4)15-11-12-16(21)19(18(15)22)26-14-9-7-6-8-10-14/h6-13,17,23H,5H2,1-4H3/t13-,17+/m0/s1. The quantitative estimate of drug-likeness (QED) is 0.753. The van der Waals surface area contributed by atoms with E-state index in [0.717, 1.165) is 0 Å². The van der Waals surface area contributed by atoms with E-state index in [1.54, 1.807) is 57.4 Å². The van der Waals surface area contributed by atoms with Crippen LogP contribution in [0.15, 0.2) is 42.5 Å². The minimum Gasteiger partial charge on any atom is -0.453 e. The van der Waals surface area contributed by atoms with Gasteiger partial charge in [-0.1, -0.05) is 42.8 Å². The Morgan fingerprint density at radius 1 is 1.23 bits per heavy atom. The molecule has 0 heterocycles. The van der Waals surface area contributed by atoms with Gasteiger partial charge in [0.25, 0.3) is 0 Å². The lowest BCUT2D eigenvalue weighted by atomic mass is 10.0. The first kappa shape index (κ1) is 20.2. The molecule has 2 aromatic carbocycles. The molecule has 26 heavy (non-hydrogen) atoms. The Morgan fingerprint density at radius 3 is 2.46 bits per heavy atom. The minimum atomic E-state index is -0.523. The zero-order valence-corrected chi connectivity index (χ0v) is 16.2. The van der Waals surface area contributed by atoms with Gasteiger partial charge < -0.3 is 9.64 Å². The van der Waals surface area contributed by atoms with Gasteiger partial charge in [-0.05, 0) is 31.5 Å². The maximum Gasteiger partial charge on any atom is 0.238 e. The lowest BCUT2D eigenvalue weighted by Gasteiger charge is -2.25. The van der Waals surface area contributed by atoms with E-state index in [-0.39, 0.29) is 22.7 Å². The number of hydrogen-bond donors (Lipinski definition) is 1. The maximum absolute atomic E-state index is 15.1. The van der Waals surface area contributed by atoms with Crippen molar-refractivity contribution in [2.75, 3.05) is 14.1 Å². The summed E-state index contributed by atoms with van der Waals surface area (Å²) in [5.74, 6) is -0.103. The van der Waals surface area contributed by atoms with Crippen molar-refractivity contribution in [2.24, 2.45) is 0 Å². The largest absolute Gasteiger partial charge is 0.453 e. The summed E-state index contributed by atoms with van der Waals surface area (Å²) in [7, 11) is 3.38. The molecular formula is C20H24ClFN2O2. The van der Waals surface area contributed by atoms with Crippen LogP contribution in [0.4, 0.5) is 4.39 Å². The first-order chi connectivity index (χ1) is 12.3. The van der Waals surface area contributed by atoms with E-state index in [0.29, 0.717) is 17.7 Å². The molecule has 1 N–H and O–H groups in total. The third kappa shape index (κ3) is 4.74. The molecule has 0 aliphatic rings. The van der Waals surface area contributed by atoms with Crippen LogP contribution in [0.2, 0.25) is 5.02 Å². The van der Waals surface area contributed by atoms with E-state index in [9.17, 15) is 4.79 Å². The molecule has 0 aliphatic carbocycles. The van der Waals surface area contributed by atoms with Crippen LogP contribution >= 0.6 is 11.6 Å². The molecule has 0 unspecified atom stereocenters. The number of ether oxygens (including phenoxy) is 1. The second-order valence-corrected chi connectivity index (χ2v) is 6.68. The highest BCUT2D eigenvalue weighted by Crippen LogP contribution is 2.36. The maximum atomic E-state index is 15.1. The predicted octanol–water partition coefficient (Wildman–Crippen LogP) is 4.79. The molecule has 1 amide bonds. The molecule has 2 rings (SSSR count). The van der Waals surface area contributed by atoms with E-state index >= 15 is 4.39 Å². The van der Waals surface area contributed by atoms with E-state index in [2.05, 4.69) is 5.32 Å². The number of hydrogen-bond acceptors (Lipinski definition) is 3. The number of carbonyl (C=O) groups excluding carboxylic acids is 1. The Balaban J connectivity index is 2.30. The van der Waals surface area contributed by atoms with Crippen LogP contribution < -0.4 is 10.1 Å². The summed E-state index contributed by atoms with van der Waals surface area (Å²) >= 11 is 6.15. The average molecular weight is 379 g/mol. The van der Waals surface area contributed by atoms with Gasteiger partial charge in [0.1, 0.15) is 5.75 Å². The molecule has 6 heteroatoms. The summed E-state index contributed by atoms with van der Waals surface area (Å²) in [6.45, 7) is 3.69. The number of para-hydroxylation sites is 1. The van der Waals surface area contributed by atoms with E-state index < -0.39 is 11.9 Å². The van der Waals surface area contributed by atoms with Gasteiger partial charge in [0, 0.05) is 25.7 Å². The lowest BCUT2D eigenvalue weighted by molar-refractivity contribution is -0.130. The number of benzene rings is 2. The summed E-state index contributed by atoms with van der Waals surface area (Å²) in [4.78, 5) is 13.6. The number of rotatable bonds is 7. The van der Waals surface area contributed by atoms with Crippen LogP contribution in [0.1, 0.15) is 31.9 Å². The molecule has 0 spiro atoms. The molecule has 0 bridgehead atoms. The molecule has 140 valence electrons. The fourth-order valence-corrected chi connectivity index (χ4v) is 2.89. The van der Waals surface area contributed by atoms with Gasteiger partial charge in [-0.15, -0.1) is 0 Å². The normalized spacial score (nSPS) is 13.2. The smallest absolute Gasteiger partial charge is 0.238 e. The van der Waals surface area contributed by atoms with Gasteiger partial charge in [0.2, 0.25) is 5.91 Å². The van der Waals surface area contributed by atoms with Crippen LogP contribution in [0.25, 0.3) is 0 Å². The Labute approximate surface area is 158 Å². The Bertz CT molecular complexity index is 753. The minimum absolute atomic E-state index is 0.0118. The predicted molar refractivity (Wildman–Crippen MR) is 102 cm³/mol. The SMILES string of the molecule is CC[C@@H](N[C@@H](C)C(=O)N(C)C)c1ccc(Cl)c(Oc2ccccc2)c1F. The lowest BCUT2D eigenvalue weighted by Crippen LogP contribution is -2.43. The fourth-order valence-electron chi connectivity index (χ4n) is 2.70. The third-order valence-corrected chi connectivity index (χ3v) is 4.39. The first-order valence-corrected chi connectivity index (χ1v) is 8.91.